The molecule has 3 heterocycles. The molecule has 3 N–H and O–H groups in total. The Labute approximate surface area is 186 Å². The van der Waals surface area contributed by atoms with Crippen LogP contribution < -0.4 is 10.6 Å². The van der Waals surface area contributed by atoms with Crippen LogP contribution in [0.15, 0.2) is 36.0 Å². The number of carbonyl (C=O) groups excluding carboxylic acids is 2. The molecule has 162 valence electrons. The van der Waals surface area contributed by atoms with Crippen LogP contribution >= 0.6 is 22.9 Å². The summed E-state index contributed by atoms with van der Waals surface area (Å²) in [6, 6.07) is 3.76. The van der Waals surface area contributed by atoms with Gasteiger partial charge in [-0.1, -0.05) is 11.6 Å². The van der Waals surface area contributed by atoms with Crippen LogP contribution in [-0.2, 0) is 6.54 Å². The average Bonchev–Trinajstić information content (AvgIpc) is 3.44. The number of hydrogen-bond donors (Lipinski definition) is 3. The number of aromatic amines is 1. The minimum absolute atomic E-state index is 0.0708. The number of thiazole rings is 1. The molecule has 0 bridgehead atoms. The van der Waals surface area contributed by atoms with E-state index in [4.69, 9.17) is 11.6 Å². The zero-order valence-corrected chi connectivity index (χ0v) is 18.0. The highest BCUT2D eigenvalue weighted by Crippen LogP contribution is 2.20. The maximum Gasteiger partial charge on any atom is 0.271 e. The number of piperidine rings is 1. The number of nitrogens with one attached hydrogen (secondary N) is 3. The molecule has 11 heteroatoms. The van der Waals surface area contributed by atoms with Crippen LogP contribution in [0.3, 0.4) is 0 Å². The number of halogens is 2. The van der Waals surface area contributed by atoms with Gasteiger partial charge in [0.05, 0.1) is 11.6 Å². The van der Waals surface area contributed by atoms with Crippen molar-refractivity contribution in [1.29, 1.82) is 0 Å². The number of amides is 2. The van der Waals surface area contributed by atoms with Crippen molar-refractivity contribution in [1.82, 2.24) is 25.2 Å². The summed E-state index contributed by atoms with van der Waals surface area (Å²) in [7, 11) is 0. The summed E-state index contributed by atoms with van der Waals surface area (Å²) < 4.78 is 13.3. The molecule has 31 heavy (non-hydrogen) atoms. The largest absolute Gasteiger partial charge is 0.348 e. The summed E-state index contributed by atoms with van der Waals surface area (Å²) in [5.74, 6) is -0.418. The Kier molecular flexibility index (Phi) is 6.59. The van der Waals surface area contributed by atoms with Crippen LogP contribution in [0.1, 0.15) is 39.5 Å². The number of hydrogen-bond acceptors (Lipinski definition) is 6. The van der Waals surface area contributed by atoms with Gasteiger partial charge in [-0.2, -0.15) is 0 Å². The van der Waals surface area contributed by atoms with Gasteiger partial charge in [0.25, 0.3) is 11.8 Å². The van der Waals surface area contributed by atoms with Gasteiger partial charge in [0.1, 0.15) is 17.3 Å². The van der Waals surface area contributed by atoms with Crippen LogP contribution in [0.25, 0.3) is 0 Å². The average molecular weight is 463 g/mol. The number of likely N-dealkylation sites (tertiary alicyclic amines) is 1. The van der Waals surface area contributed by atoms with E-state index in [9.17, 15) is 14.0 Å². The highest BCUT2D eigenvalue weighted by Gasteiger charge is 2.23. The quantitative estimate of drug-likeness (QED) is 0.521. The highest BCUT2D eigenvalue weighted by molar-refractivity contribution is 7.14. The summed E-state index contributed by atoms with van der Waals surface area (Å²) in [6.45, 7) is 2.50. The lowest BCUT2D eigenvalue weighted by Crippen LogP contribution is -2.44. The van der Waals surface area contributed by atoms with Gasteiger partial charge >= 0.3 is 0 Å². The second kappa shape index (κ2) is 9.54. The first-order valence-corrected chi connectivity index (χ1v) is 11.0. The molecule has 1 aliphatic heterocycles. The molecule has 1 saturated heterocycles. The number of carbonyl (C=O) groups is 2. The lowest BCUT2D eigenvalue weighted by atomic mass is 10.0. The van der Waals surface area contributed by atoms with E-state index >= 15 is 0 Å². The van der Waals surface area contributed by atoms with Crippen LogP contribution in [0, 0.1) is 5.82 Å². The summed E-state index contributed by atoms with van der Waals surface area (Å²) in [5.41, 5.74) is 0.448. The van der Waals surface area contributed by atoms with Crippen LogP contribution in [0.4, 0.5) is 9.52 Å². The fourth-order valence-corrected chi connectivity index (χ4v) is 4.20. The van der Waals surface area contributed by atoms with Crippen LogP contribution in [-0.4, -0.2) is 50.8 Å². The van der Waals surface area contributed by atoms with Crippen LogP contribution in [0.5, 0.6) is 0 Å². The first-order chi connectivity index (χ1) is 15.0. The van der Waals surface area contributed by atoms with Crippen molar-refractivity contribution in [2.45, 2.75) is 25.4 Å². The summed E-state index contributed by atoms with van der Waals surface area (Å²) in [6.07, 6.45) is 5.22. The van der Waals surface area contributed by atoms with Gasteiger partial charge in [-0.3, -0.25) is 19.8 Å². The topological polar surface area (TPSA) is 103 Å². The molecule has 0 radical (unpaired) electrons. The maximum absolute atomic E-state index is 13.3. The van der Waals surface area contributed by atoms with Crippen molar-refractivity contribution in [2.24, 2.45) is 0 Å². The Morgan fingerprint density at radius 2 is 2.10 bits per heavy atom. The van der Waals surface area contributed by atoms with Crippen LogP contribution in [0.2, 0.25) is 5.02 Å². The van der Waals surface area contributed by atoms with Crippen molar-refractivity contribution in [3.05, 3.63) is 63.9 Å². The molecule has 1 aromatic carbocycles. The predicted octanol–water partition coefficient (Wildman–Crippen LogP) is 3.31. The molecule has 8 nitrogen and oxygen atoms in total. The van der Waals surface area contributed by atoms with Gasteiger partial charge in [0, 0.05) is 42.5 Å². The summed E-state index contributed by atoms with van der Waals surface area (Å²) >= 11 is 6.86. The highest BCUT2D eigenvalue weighted by atomic mass is 35.5. The molecule has 2 aromatic heterocycles. The van der Waals surface area contributed by atoms with Gasteiger partial charge in [0.15, 0.2) is 5.13 Å². The van der Waals surface area contributed by atoms with Gasteiger partial charge in [-0.25, -0.2) is 14.4 Å². The first-order valence-electron chi connectivity index (χ1n) is 9.71. The normalized spacial score (nSPS) is 15.0. The molecule has 2 amide bonds. The van der Waals surface area contributed by atoms with E-state index in [1.165, 1.54) is 12.1 Å². The molecule has 1 fully saturated rings. The first kappa shape index (κ1) is 21.4. The summed E-state index contributed by atoms with van der Waals surface area (Å²) in [4.78, 5) is 38.6. The van der Waals surface area contributed by atoms with Crippen molar-refractivity contribution in [3.63, 3.8) is 0 Å². The molecule has 4 rings (SSSR count). The zero-order valence-electron chi connectivity index (χ0n) is 16.4. The van der Waals surface area contributed by atoms with Gasteiger partial charge < -0.3 is 10.3 Å². The van der Waals surface area contributed by atoms with E-state index in [0.29, 0.717) is 0 Å². The smallest absolute Gasteiger partial charge is 0.271 e. The molecule has 1 aliphatic rings. The number of benzene rings is 1. The molecule has 0 unspecified atom stereocenters. The number of H-pyrrole nitrogens is 1. The lowest BCUT2D eigenvalue weighted by molar-refractivity contribution is 0.0903. The fraction of sp³-hybridized carbons (Fsp3) is 0.300. The Morgan fingerprint density at radius 3 is 2.81 bits per heavy atom. The number of imidazole rings is 1. The molecule has 0 aliphatic carbocycles. The molecular weight excluding hydrogens is 443 g/mol. The predicted molar refractivity (Wildman–Crippen MR) is 116 cm³/mol. The lowest BCUT2D eigenvalue weighted by Gasteiger charge is -2.31. The standard InChI is InChI=1S/C20H20ClFN6O2S/c21-14-9-12(1-2-15(14)22)18(29)27-20-26-16(11-31-20)19(30)25-13-3-7-28(8-4-13)10-17-23-5-6-24-17/h1-2,5-6,9,11,13H,3-4,7-8,10H2,(H,23,24)(H,25,30)(H,26,27,29). The maximum atomic E-state index is 13.3. The minimum atomic E-state index is -0.599. The second-order valence-corrected chi connectivity index (χ2v) is 8.45. The van der Waals surface area contributed by atoms with Crippen molar-refractivity contribution < 1.29 is 14.0 Å². The van der Waals surface area contributed by atoms with E-state index in [-0.39, 0.29) is 33.4 Å². The van der Waals surface area contributed by atoms with E-state index in [2.05, 4.69) is 30.5 Å². The second-order valence-electron chi connectivity index (χ2n) is 7.18. The summed E-state index contributed by atoms with van der Waals surface area (Å²) in [5, 5.41) is 7.35. The third-order valence-electron chi connectivity index (χ3n) is 4.99. The zero-order chi connectivity index (χ0) is 21.8. The fourth-order valence-electron chi connectivity index (χ4n) is 3.33. The number of nitrogens with zero attached hydrogens (tertiary/aromatic N) is 3. The van der Waals surface area contributed by atoms with Crippen molar-refractivity contribution in [2.75, 3.05) is 18.4 Å². The number of rotatable bonds is 6. The molecule has 0 atom stereocenters. The molecule has 0 spiro atoms. The Bertz CT molecular complexity index is 1070. The Balaban J connectivity index is 1.27. The van der Waals surface area contributed by atoms with E-state index < -0.39 is 11.7 Å². The molecule has 3 aromatic rings. The van der Waals surface area contributed by atoms with E-state index in [0.717, 1.165) is 55.7 Å². The Morgan fingerprint density at radius 1 is 1.29 bits per heavy atom. The molecule has 0 saturated carbocycles. The number of aromatic nitrogens is 3. The molecular formula is C20H20ClFN6O2S. The third-order valence-corrected chi connectivity index (χ3v) is 6.04. The van der Waals surface area contributed by atoms with E-state index in [1.807, 2.05) is 6.20 Å². The van der Waals surface area contributed by atoms with Gasteiger partial charge in [-0.15, -0.1) is 11.3 Å². The SMILES string of the molecule is O=C(Nc1nc(C(=O)NC2CCN(Cc3ncc[nH]3)CC2)cs1)c1ccc(F)c(Cl)c1. The third kappa shape index (κ3) is 5.46. The monoisotopic (exact) mass is 462 g/mol. The minimum Gasteiger partial charge on any atom is -0.348 e. The number of anilines is 1. The van der Waals surface area contributed by atoms with E-state index in [1.54, 1.807) is 11.6 Å². The Hall–Kier alpha value is -2.82. The van der Waals surface area contributed by atoms with Crippen molar-refractivity contribution in [3.8, 4) is 0 Å². The van der Waals surface area contributed by atoms with Crippen molar-refractivity contribution >= 4 is 39.9 Å². The van der Waals surface area contributed by atoms with Gasteiger partial charge in [0.2, 0.25) is 0 Å². The van der Waals surface area contributed by atoms with Gasteiger partial charge in [-0.05, 0) is 31.0 Å².